The first kappa shape index (κ1) is 12.0. The van der Waals surface area contributed by atoms with Crippen molar-refractivity contribution in [2.75, 3.05) is 0 Å². The average molecular weight is 277 g/mol. The zero-order valence-corrected chi connectivity index (χ0v) is 11.0. The summed E-state index contributed by atoms with van der Waals surface area (Å²) in [6.45, 7) is 6.32. The number of rotatable bonds is 1. The minimum atomic E-state index is -0.0486. The normalized spacial score (nSPS) is 14.1. The molecule has 0 fully saturated rings. The van der Waals surface area contributed by atoms with Crippen LogP contribution in [0.1, 0.15) is 32.4 Å². The van der Waals surface area contributed by atoms with E-state index in [0.717, 1.165) is 15.1 Å². The molecule has 1 nitrogen and oxygen atoms in total. The van der Waals surface area contributed by atoms with Crippen LogP contribution in [-0.2, 0) is 0 Å². The second-order valence-electron chi connectivity index (χ2n) is 4.51. The Morgan fingerprint density at radius 2 is 1.93 bits per heavy atom. The fourth-order valence-corrected chi connectivity index (χ4v) is 1.83. The quantitative estimate of drug-likeness (QED) is 0.819. The molecule has 1 aromatic rings. The highest BCUT2D eigenvalue weighted by atomic mass is 79.9. The van der Waals surface area contributed by atoms with Crippen molar-refractivity contribution in [3.8, 4) is 0 Å². The van der Waals surface area contributed by atoms with Gasteiger partial charge in [0.2, 0.25) is 0 Å². The summed E-state index contributed by atoms with van der Waals surface area (Å²) < 4.78 is 1.01. The number of halogens is 2. The van der Waals surface area contributed by atoms with Crippen molar-refractivity contribution in [3.05, 3.63) is 33.3 Å². The lowest BCUT2D eigenvalue weighted by Gasteiger charge is -2.28. The van der Waals surface area contributed by atoms with Gasteiger partial charge < -0.3 is 5.73 Å². The molecule has 0 aliphatic heterocycles. The van der Waals surface area contributed by atoms with Gasteiger partial charge in [-0.05, 0) is 29.2 Å². The van der Waals surface area contributed by atoms with Crippen molar-refractivity contribution in [2.24, 2.45) is 11.1 Å². The summed E-state index contributed by atoms with van der Waals surface area (Å²) in [7, 11) is 0. The van der Waals surface area contributed by atoms with Crippen LogP contribution >= 0.6 is 27.5 Å². The predicted octanol–water partition coefficient (Wildman–Crippen LogP) is 4.15. The molecule has 0 bridgehead atoms. The van der Waals surface area contributed by atoms with E-state index in [9.17, 15) is 0 Å². The monoisotopic (exact) mass is 275 g/mol. The second kappa shape index (κ2) is 4.21. The molecule has 0 radical (unpaired) electrons. The predicted molar refractivity (Wildman–Crippen MR) is 65.5 cm³/mol. The lowest BCUT2D eigenvalue weighted by Crippen LogP contribution is -2.26. The first-order chi connectivity index (χ1) is 6.32. The maximum atomic E-state index is 6.14. The number of benzene rings is 1. The van der Waals surface area contributed by atoms with Crippen molar-refractivity contribution in [2.45, 2.75) is 26.8 Å². The summed E-state index contributed by atoms with van der Waals surface area (Å²) in [5.41, 5.74) is 7.15. The van der Waals surface area contributed by atoms with Crippen LogP contribution in [0.4, 0.5) is 0 Å². The highest BCUT2D eigenvalue weighted by Gasteiger charge is 2.24. The lowest BCUT2D eigenvalue weighted by molar-refractivity contribution is 0.327. The summed E-state index contributed by atoms with van der Waals surface area (Å²) in [4.78, 5) is 0. The number of hydrogen-bond acceptors (Lipinski definition) is 1. The van der Waals surface area contributed by atoms with Crippen LogP contribution in [0.15, 0.2) is 22.7 Å². The molecular formula is C11H15BrClN. The Labute approximate surface area is 98.8 Å². The molecule has 3 heteroatoms. The highest BCUT2D eigenvalue weighted by molar-refractivity contribution is 9.10. The largest absolute Gasteiger partial charge is 0.323 e. The molecule has 0 amide bonds. The van der Waals surface area contributed by atoms with E-state index in [4.69, 9.17) is 17.3 Å². The average Bonchev–Trinajstić information content (AvgIpc) is 2.06. The van der Waals surface area contributed by atoms with Crippen LogP contribution < -0.4 is 5.73 Å². The fourth-order valence-electron chi connectivity index (χ4n) is 1.22. The third kappa shape index (κ3) is 2.72. The van der Waals surface area contributed by atoms with E-state index in [2.05, 4.69) is 36.7 Å². The van der Waals surface area contributed by atoms with Gasteiger partial charge in [-0.2, -0.15) is 0 Å². The molecular weight excluding hydrogens is 261 g/mol. The Balaban J connectivity index is 3.12. The Hall–Kier alpha value is -0.0500. The van der Waals surface area contributed by atoms with Crippen molar-refractivity contribution >= 4 is 27.5 Å². The van der Waals surface area contributed by atoms with Crippen molar-refractivity contribution in [3.63, 3.8) is 0 Å². The molecule has 0 saturated heterocycles. The molecule has 0 heterocycles. The highest BCUT2D eigenvalue weighted by Crippen LogP contribution is 2.35. The molecule has 1 aromatic carbocycles. The van der Waals surface area contributed by atoms with Gasteiger partial charge in [0.05, 0.1) is 0 Å². The van der Waals surface area contributed by atoms with E-state index in [0.29, 0.717) is 0 Å². The zero-order chi connectivity index (χ0) is 10.9. The van der Waals surface area contributed by atoms with Crippen molar-refractivity contribution in [1.82, 2.24) is 0 Å². The van der Waals surface area contributed by atoms with Gasteiger partial charge in [-0.1, -0.05) is 48.3 Å². The van der Waals surface area contributed by atoms with Gasteiger partial charge in [0, 0.05) is 15.5 Å². The molecule has 2 N–H and O–H groups in total. The molecule has 1 unspecified atom stereocenters. The molecule has 0 saturated carbocycles. The molecule has 78 valence electrons. The van der Waals surface area contributed by atoms with Crippen LogP contribution in [-0.4, -0.2) is 0 Å². The van der Waals surface area contributed by atoms with Gasteiger partial charge in [0.15, 0.2) is 0 Å². The van der Waals surface area contributed by atoms with Gasteiger partial charge in [-0.3, -0.25) is 0 Å². The van der Waals surface area contributed by atoms with Crippen LogP contribution in [0.25, 0.3) is 0 Å². The Kier molecular flexibility index (Phi) is 3.62. The SMILES string of the molecule is CC(C)(C)C(N)c1cc(Br)ccc1Cl. The molecule has 0 aromatic heterocycles. The van der Waals surface area contributed by atoms with Gasteiger partial charge in [0.25, 0.3) is 0 Å². The fraction of sp³-hybridized carbons (Fsp3) is 0.455. The minimum absolute atomic E-state index is 0.0183. The maximum absolute atomic E-state index is 6.14. The zero-order valence-electron chi connectivity index (χ0n) is 8.64. The third-order valence-corrected chi connectivity index (χ3v) is 3.06. The Morgan fingerprint density at radius 3 is 2.43 bits per heavy atom. The van der Waals surface area contributed by atoms with Gasteiger partial charge in [0.1, 0.15) is 0 Å². The second-order valence-corrected chi connectivity index (χ2v) is 5.83. The summed E-state index contributed by atoms with van der Waals surface area (Å²) in [5, 5.41) is 0.732. The van der Waals surface area contributed by atoms with E-state index in [1.165, 1.54) is 0 Å². The van der Waals surface area contributed by atoms with E-state index >= 15 is 0 Å². The first-order valence-corrected chi connectivity index (χ1v) is 5.70. The summed E-state index contributed by atoms with van der Waals surface area (Å²) in [5.74, 6) is 0. The minimum Gasteiger partial charge on any atom is -0.323 e. The van der Waals surface area contributed by atoms with E-state index in [1.54, 1.807) is 0 Å². The Morgan fingerprint density at radius 1 is 1.36 bits per heavy atom. The van der Waals surface area contributed by atoms with Crippen LogP contribution in [0.3, 0.4) is 0 Å². The van der Waals surface area contributed by atoms with E-state index in [-0.39, 0.29) is 11.5 Å². The van der Waals surface area contributed by atoms with Crippen LogP contribution in [0.2, 0.25) is 5.02 Å². The van der Waals surface area contributed by atoms with Crippen LogP contribution in [0.5, 0.6) is 0 Å². The smallest absolute Gasteiger partial charge is 0.0454 e. The topological polar surface area (TPSA) is 26.0 Å². The molecule has 0 aliphatic rings. The lowest BCUT2D eigenvalue weighted by atomic mass is 9.83. The van der Waals surface area contributed by atoms with Crippen LogP contribution in [0, 0.1) is 5.41 Å². The standard InChI is InChI=1S/C11H15BrClN/c1-11(2,3)10(14)8-6-7(12)4-5-9(8)13/h4-6,10H,14H2,1-3H3. The van der Waals surface area contributed by atoms with Crippen molar-refractivity contribution in [1.29, 1.82) is 0 Å². The first-order valence-electron chi connectivity index (χ1n) is 4.53. The number of hydrogen-bond donors (Lipinski definition) is 1. The summed E-state index contributed by atoms with van der Waals surface area (Å²) >= 11 is 9.51. The molecule has 1 rings (SSSR count). The molecule has 14 heavy (non-hydrogen) atoms. The third-order valence-electron chi connectivity index (χ3n) is 2.23. The number of nitrogens with two attached hydrogens (primary N) is 1. The maximum Gasteiger partial charge on any atom is 0.0454 e. The Bertz CT molecular complexity index is 331. The summed E-state index contributed by atoms with van der Waals surface area (Å²) in [6.07, 6.45) is 0. The molecule has 0 spiro atoms. The van der Waals surface area contributed by atoms with Gasteiger partial charge in [-0.25, -0.2) is 0 Å². The van der Waals surface area contributed by atoms with Crippen molar-refractivity contribution < 1.29 is 0 Å². The molecule has 1 atom stereocenters. The van der Waals surface area contributed by atoms with E-state index < -0.39 is 0 Å². The van der Waals surface area contributed by atoms with Gasteiger partial charge >= 0.3 is 0 Å². The van der Waals surface area contributed by atoms with Gasteiger partial charge in [-0.15, -0.1) is 0 Å². The summed E-state index contributed by atoms with van der Waals surface area (Å²) in [6, 6.07) is 5.72. The van der Waals surface area contributed by atoms with E-state index in [1.807, 2.05) is 18.2 Å². The molecule has 0 aliphatic carbocycles.